The number of nitrogens with one attached hydrogen (secondary N) is 1. The number of rotatable bonds is 9. The lowest BCUT2D eigenvalue weighted by atomic mass is 10.2. The van der Waals surface area contributed by atoms with E-state index in [4.69, 9.17) is 13.9 Å². The summed E-state index contributed by atoms with van der Waals surface area (Å²) in [6.45, 7) is 5.87. The Labute approximate surface area is 185 Å². The lowest BCUT2D eigenvalue weighted by molar-refractivity contribution is -0.113. The number of aromatic nitrogens is 3. The Kier molecular flexibility index (Phi) is 6.93. The highest BCUT2D eigenvalue weighted by Crippen LogP contribution is 2.29. The van der Waals surface area contributed by atoms with Gasteiger partial charge in [-0.1, -0.05) is 11.8 Å². The third kappa shape index (κ3) is 5.29. The van der Waals surface area contributed by atoms with Gasteiger partial charge in [-0.2, -0.15) is 0 Å². The summed E-state index contributed by atoms with van der Waals surface area (Å²) in [5.41, 5.74) is 1.63. The van der Waals surface area contributed by atoms with Gasteiger partial charge in [0.1, 0.15) is 11.5 Å². The van der Waals surface area contributed by atoms with Crippen molar-refractivity contribution in [1.82, 2.24) is 14.8 Å². The van der Waals surface area contributed by atoms with Crippen LogP contribution in [-0.2, 0) is 16.1 Å². The van der Waals surface area contributed by atoms with Crippen LogP contribution in [0.5, 0.6) is 5.75 Å². The molecule has 31 heavy (non-hydrogen) atoms. The van der Waals surface area contributed by atoms with Gasteiger partial charge in [0.15, 0.2) is 11.0 Å². The Balaban J connectivity index is 1.44. The summed E-state index contributed by atoms with van der Waals surface area (Å²) in [7, 11) is 0. The molecule has 1 fully saturated rings. The van der Waals surface area contributed by atoms with E-state index in [0.29, 0.717) is 18.3 Å². The summed E-state index contributed by atoms with van der Waals surface area (Å²) in [5, 5.41) is 12.3. The van der Waals surface area contributed by atoms with Crippen molar-refractivity contribution in [1.29, 1.82) is 0 Å². The van der Waals surface area contributed by atoms with E-state index in [9.17, 15) is 4.79 Å². The van der Waals surface area contributed by atoms with Crippen molar-refractivity contribution in [2.45, 2.75) is 44.5 Å². The predicted molar refractivity (Wildman–Crippen MR) is 118 cm³/mol. The van der Waals surface area contributed by atoms with E-state index in [1.165, 1.54) is 11.8 Å². The number of carbonyl (C=O) groups is 1. The number of amides is 1. The van der Waals surface area contributed by atoms with Gasteiger partial charge in [0.25, 0.3) is 0 Å². The molecule has 2 aromatic heterocycles. The Morgan fingerprint density at radius 3 is 2.81 bits per heavy atom. The number of anilines is 1. The maximum atomic E-state index is 12.5. The molecule has 1 amide bonds. The number of carbonyl (C=O) groups excluding carboxylic acids is 1. The Morgan fingerprint density at radius 1 is 1.29 bits per heavy atom. The lowest BCUT2D eigenvalue weighted by Crippen LogP contribution is -2.18. The fraction of sp³-hybridized carbons (Fsp3) is 0.409. The first-order valence-corrected chi connectivity index (χ1v) is 11.4. The van der Waals surface area contributed by atoms with Crippen LogP contribution in [0.25, 0.3) is 11.4 Å². The minimum Gasteiger partial charge on any atom is -0.494 e. The number of hydrogen-bond acceptors (Lipinski definition) is 7. The van der Waals surface area contributed by atoms with Crippen LogP contribution in [0.4, 0.5) is 5.69 Å². The normalized spacial score (nSPS) is 15.9. The lowest BCUT2D eigenvalue weighted by Gasteiger charge is -2.14. The molecule has 1 atom stereocenters. The molecule has 0 spiro atoms. The highest BCUT2D eigenvalue weighted by Gasteiger charge is 2.23. The van der Waals surface area contributed by atoms with Gasteiger partial charge in [-0.25, -0.2) is 0 Å². The van der Waals surface area contributed by atoms with Gasteiger partial charge in [0, 0.05) is 12.3 Å². The van der Waals surface area contributed by atoms with Gasteiger partial charge in [0.05, 0.1) is 36.8 Å². The molecule has 3 aromatic rings. The zero-order valence-electron chi connectivity index (χ0n) is 17.7. The summed E-state index contributed by atoms with van der Waals surface area (Å²) < 4.78 is 18.7. The van der Waals surface area contributed by atoms with Gasteiger partial charge in [-0.05, 0) is 57.0 Å². The van der Waals surface area contributed by atoms with Gasteiger partial charge >= 0.3 is 0 Å². The number of furan rings is 1. The van der Waals surface area contributed by atoms with Crippen LogP contribution in [-0.4, -0.2) is 45.7 Å². The van der Waals surface area contributed by atoms with Crippen LogP contribution in [0, 0.1) is 6.92 Å². The summed E-state index contributed by atoms with van der Waals surface area (Å²) in [5.74, 6) is 2.41. The number of aryl methyl sites for hydroxylation is 1. The zero-order chi connectivity index (χ0) is 21.6. The first kappa shape index (κ1) is 21.5. The second-order valence-electron chi connectivity index (χ2n) is 7.24. The third-order valence-electron chi connectivity index (χ3n) is 5.01. The highest BCUT2D eigenvalue weighted by atomic mass is 32.2. The molecule has 0 unspecified atom stereocenters. The van der Waals surface area contributed by atoms with Crippen molar-refractivity contribution in [3.8, 4) is 17.1 Å². The topological polar surface area (TPSA) is 91.4 Å². The van der Waals surface area contributed by atoms with E-state index in [1.807, 2.05) is 48.7 Å². The van der Waals surface area contributed by atoms with Crippen LogP contribution < -0.4 is 10.1 Å². The molecule has 164 valence electrons. The number of benzene rings is 1. The van der Waals surface area contributed by atoms with Crippen LogP contribution >= 0.6 is 11.8 Å². The van der Waals surface area contributed by atoms with E-state index in [2.05, 4.69) is 15.5 Å². The molecule has 1 N–H and O–H groups in total. The predicted octanol–water partition coefficient (Wildman–Crippen LogP) is 4.16. The number of thioether (sulfide) groups is 1. The molecule has 0 bridgehead atoms. The molecule has 8 nitrogen and oxygen atoms in total. The van der Waals surface area contributed by atoms with Crippen molar-refractivity contribution < 1.29 is 18.7 Å². The van der Waals surface area contributed by atoms with Gasteiger partial charge < -0.3 is 19.2 Å². The average Bonchev–Trinajstić information content (AvgIpc) is 3.51. The van der Waals surface area contributed by atoms with Crippen LogP contribution in [0.2, 0.25) is 0 Å². The molecule has 0 radical (unpaired) electrons. The number of hydrogen-bond donors (Lipinski definition) is 1. The third-order valence-corrected chi connectivity index (χ3v) is 5.97. The standard InChI is InChI=1S/C22H26N4O4S/c1-3-28-17-8-6-16(7-9-17)23-20(27)14-31-22-25-24-21(19-10-12-29-15(19)2)26(22)13-18-5-4-11-30-18/h6-10,12,18H,3-5,11,13-14H2,1-2H3,(H,23,27)/t18-/m1/s1. The average molecular weight is 443 g/mol. The smallest absolute Gasteiger partial charge is 0.234 e. The highest BCUT2D eigenvalue weighted by molar-refractivity contribution is 7.99. The molecule has 4 rings (SSSR count). The Morgan fingerprint density at radius 2 is 2.13 bits per heavy atom. The minimum absolute atomic E-state index is 0.109. The van der Waals surface area contributed by atoms with Gasteiger partial charge in [-0.3, -0.25) is 9.36 Å². The molecule has 0 saturated carbocycles. The Bertz CT molecular complexity index is 1010. The number of ether oxygens (including phenoxy) is 2. The van der Waals surface area contributed by atoms with Crippen LogP contribution in [0.15, 0.2) is 46.2 Å². The van der Waals surface area contributed by atoms with Crippen LogP contribution in [0.1, 0.15) is 25.5 Å². The largest absolute Gasteiger partial charge is 0.494 e. The van der Waals surface area contributed by atoms with Gasteiger partial charge in [-0.15, -0.1) is 10.2 Å². The second kappa shape index (κ2) is 10.0. The molecule has 1 saturated heterocycles. The van der Waals surface area contributed by atoms with E-state index >= 15 is 0 Å². The summed E-state index contributed by atoms with van der Waals surface area (Å²) in [6, 6.07) is 9.22. The van der Waals surface area contributed by atoms with E-state index in [-0.39, 0.29) is 17.8 Å². The molecule has 1 aliphatic rings. The van der Waals surface area contributed by atoms with E-state index in [1.54, 1.807) is 6.26 Å². The fourth-order valence-electron chi connectivity index (χ4n) is 3.50. The monoisotopic (exact) mass is 442 g/mol. The quantitative estimate of drug-likeness (QED) is 0.498. The van der Waals surface area contributed by atoms with E-state index < -0.39 is 0 Å². The SMILES string of the molecule is CCOc1ccc(NC(=O)CSc2nnc(-c3ccoc3C)n2C[C@H]2CCCO2)cc1. The molecular weight excluding hydrogens is 416 g/mol. The van der Waals surface area contributed by atoms with Crippen molar-refractivity contribution in [2.75, 3.05) is 24.3 Å². The minimum atomic E-state index is -0.109. The number of nitrogens with zero attached hydrogens (tertiary/aromatic N) is 3. The Hall–Kier alpha value is -2.78. The molecule has 0 aliphatic carbocycles. The van der Waals surface area contributed by atoms with Crippen molar-refractivity contribution in [3.63, 3.8) is 0 Å². The molecule has 3 heterocycles. The van der Waals surface area contributed by atoms with Crippen molar-refractivity contribution in [2.24, 2.45) is 0 Å². The fourth-order valence-corrected chi connectivity index (χ4v) is 4.24. The molecule has 9 heteroatoms. The van der Waals surface area contributed by atoms with Crippen molar-refractivity contribution in [3.05, 3.63) is 42.4 Å². The van der Waals surface area contributed by atoms with Crippen molar-refractivity contribution >= 4 is 23.4 Å². The summed E-state index contributed by atoms with van der Waals surface area (Å²) in [6.07, 6.45) is 3.83. The summed E-state index contributed by atoms with van der Waals surface area (Å²) in [4.78, 5) is 12.5. The zero-order valence-corrected chi connectivity index (χ0v) is 18.5. The van der Waals surface area contributed by atoms with Crippen LogP contribution in [0.3, 0.4) is 0 Å². The first-order chi connectivity index (χ1) is 15.1. The second-order valence-corrected chi connectivity index (χ2v) is 8.18. The summed E-state index contributed by atoms with van der Waals surface area (Å²) >= 11 is 1.36. The first-order valence-electron chi connectivity index (χ1n) is 10.4. The maximum absolute atomic E-state index is 12.5. The van der Waals surface area contributed by atoms with Gasteiger partial charge in [0.2, 0.25) is 5.91 Å². The maximum Gasteiger partial charge on any atom is 0.234 e. The molecular formula is C22H26N4O4S. The van der Waals surface area contributed by atoms with E-state index in [0.717, 1.165) is 48.0 Å². The molecule has 1 aromatic carbocycles. The molecule has 1 aliphatic heterocycles.